The number of fused-ring (bicyclic) bond motifs is 1. The molecule has 2 aromatic rings. The van der Waals surface area contributed by atoms with E-state index in [1.807, 2.05) is 18.2 Å². The SMILES string of the molecule is CCCC1CCC(c2ccc(C(=O)OC3C=C(C)CCc4ccccc43)cc2)CC1. The van der Waals surface area contributed by atoms with Crippen LogP contribution in [0.1, 0.15) is 97.9 Å². The lowest BCUT2D eigenvalue weighted by molar-refractivity contribution is 0.0390. The Morgan fingerprint density at radius 3 is 2.43 bits per heavy atom. The molecular weight excluding hydrogens is 368 g/mol. The van der Waals surface area contributed by atoms with E-state index in [4.69, 9.17) is 4.74 Å². The Hall–Kier alpha value is -2.35. The van der Waals surface area contributed by atoms with E-state index in [1.165, 1.54) is 55.2 Å². The van der Waals surface area contributed by atoms with Crippen LogP contribution in [0.5, 0.6) is 0 Å². The molecule has 1 unspecified atom stereocenters. The minimum absolute atomic E-state index is 0.237. The highest BCUT2D eigenvalue weighted by Crippen LogP contribution is 2.37. The summed E-state index contributed by atoms with van der Waals surface area (Å²) < 4.78 is 5.97. The average molecular weight is 403 g/mol. The number of hydrogen-bond donors (Lipinski definition) is 0. The fraction of sp³-hybridized carbons (Fsp3) is 0.464. The molecule has 4 rings (SSSR count). The van der Waals surface area contributed by atoms with Crippen molar-refractivity contribution in [3.8, 4) is 0 Å². The normalized spacial score (nSPS) is 23.8. The molecule has 2 aliphatic carbocycles. The fourth-order valence-electron chi connectivity index (χ4n) is 5.17. The number of carbonyl (C=O) groups is 1. The standard InChI is InChI=1S/C28H34O2/c1-3-6-21-10-13-22(14-11-21)23-15-17-25(18-16-23)28(29)30-27-19-20(2)9-12-24-7-4-5-8-26(24)27/h4-5,7-8,15-19,21-22,27H,3,6,9-14H2,1-2H3. The Bertz CT molecular complexity index is 885. The zero-order valence-electron chi connectivity index (χ0n) is 18.4. The quantitative estimate of drug-likeness (QED) is 0.381. The first kappa shape index (κ1) is 20.9. The smallest absolute Gasteiger partial charge is 0.339 e. The Balaban J connectivity index is 1.43. The van der Waals surface area contributed by atoms with Gasteiger partial charge >= 0.3 is 5.97 Å². The molecule has 1 saturated carbocycles. The summed E-state index contributed by atoms with van der Waals surface area (Å²) in [5, 5.41) is 0. The van der Waals surface area contributed by atoms with Crippen LogP contribution in [0.4, 0.5) is 0 Å². The predicted octanol–water partition coefficient (Wildman–Crippen LogP) is 7.55. The van der Waals surface area contributed by atoms with Crippen LogP contribution >= 0.6 is 0 Å². The summed E-state index contributed by atoms with van der Waals surface area (Å²) in [6, 6.07) is 16.5. The van der Waals surface area contributed by atoms with Crippen LogP contribution in [0.2, 0.25) is 0 Å². The maximum absolute atomic E-state index is 12.9. The van der Waals surface area contributed by atoms with Crippen LogP contribution in [-0.2, 0) is 11.2 Å². The summed E-state index contributed by atoms with van der Waals surface area (Å²) in [5.74, 6) is 1.32. The third-order valence-corrected chi connectivity index (χ3v) is 6.98. The summed E-state index contributed by atoms with van der Waals surface area (Å²) in [5.41, 5.74) is 5.68. The van der Waals surface area contributed by atoms with Gasteiger partial charge in [0.05, 0.1) is 5.56 Å². The molecule has 0 N–H and O–H groups in total. The van der Waals surface area contributed by atoms with E-state index >= 15 is 0 Å². The lowest BCUT2D eigenvalue weighted by atomic mass is 9.77. The molecule has 2 aromatic carbocycles. The predicted molar refractivity (Wildman–Crippen MR) is 123 cm³/mol. The van der Waals surface area contributed by atoms with Gasteiger partial charge in [-0.25, -0.2) is 4.79 Å². The van der Waals surface area contributed by atoms with Gasteiger partial charge in [-0.3, -0.25) is 0 Å². The van der Waals surface area contributed by atoms with Crippen LogP contribution in [0.15, 0.2) is 60.2 Å². The van der Waals surface area contributed by atoms with Crippen molar-refractivity contribution in [3.63, 3.8) is 0 Å². The van der Waals surface area contributed by atoms with Crippen molar-refractivity contribution in [1.82, 2.24) is 0 Å². The van der Waals surface area contributed by atoms with Gasteiger partial charge in [-0.15, -0.1) is 0 Å². The fourth-order valence-corrected chi connectivity index (χ4v) is 5.17. The van der Waals surface area contributed by atoms with E-state index in [1.54, 1.807) is 0 Å². The number of rotatable bonds is 5. The molecule has 0 saturated heterocycles. The van der Waals surface area contributed by atoms with E-state index in [-0.39, 0.29) is 12.1 Å². The van der Waals surface area contributed by atoms with E-state index < -0.39 is 0 Å². The van der Waals surface area contributed by atoms with Crippen LogP contribution in [-0.4, -0.2) is 5.97 Å². The Kier molecular flexibility index (Phi) is 6.72. The van der Waals surface area contributed by atoms with Crippen molar-refractivity contribution in [2.45, 2.75) is 77.2 Å². The number of aryl methyl sites for hydroxylation is 1. The Labute approximate surface area is 181 Å². The monoisotopic (exact) mass is 402 g/mol. The van der Waals surface area contributed by atoms with Crippen molar-refractivity contribution >= 4 is 5.97 Å². The topological polar surface area (TPSA) is 26.3 Å². The van der Waals surface area contributed by atoms with Crippen LogP contribution in [0.3, 0.4) is 0 Å². The molecule has 2 nitrogen and oxygen atoms in total. The molecule has 30 heavy (non-hydrogen) atoms. The van der Waals surface area contributed by atoms with Crippen molar-refractivity contribution in [2.24, 2.45) is 5.92 Å². The molecule has 158 valence electrons. The molecule has 2 heteroatoms. The summed E-state index contributed by atoms with van der Waals surface area (Å²) in [6.07, 6.45) is 11.7. The van der Waals surface area contributed by atoms with Gasteiger partial charge in [-0.05, 0) is 92.2 Å². The van der Waals surface area contributed by atoms with Gasteiger partial charge in [0.25, 0.3) is 0 Å². The highest BCUT2D eigenvalue weighted by molar-refractivity contribution is 5.89. The van der Waals surface area contributed by atoms with Gasteiger partial charge in [-0.1, -0.05) is 61.7 Å². The number of allylic oxidation sites excluding steroid dienone is 1. The number of esters is 1. The first-order valence-electron chi connectivity index (χ1n) is 11.7. The second-order valence-corrected chi connectivity index (χ2v) is 9.17. The van der Waals surface area contributed by atoms with Crippen molar-refractivity contribution in [3.05, 3.63) is 82.4 Å². The van der Waals surface area contributed by atoms with Crippen LogP contribution < -0.4 is 0 Å². The molecule has 0 radical (unpaired) electrons. The lowest BCUT2D eigenvalue weighted by Gasteiger charge is -2.28. The van der Waals surface area contributed by atoms with E-state index in [2.05, 4.69) is 50.3 Å². The first-order valence-corrected chi connectivity index (χ1v) is 11.7. The molecule has 0 heterocycles. The zero-order valence-corrected chi connectivity index (χ0v) is 18.4. The molecule has 0 bridgehead atoms. The number of carbonyl (C=O) groups excluding carboxylic acids is 1. The summed E-state index contributed by atoms with van der Waals surface area (Å²) in [7, 11) is 0. The summed E-state index contributed by atoms with van der Waals surface area (Å²) in [6.45, 7) is 4.41. The second kappa shape index (κ2) is 9.64. The number of hydrogen-bond acceptors (Lipinski definition) is 2. The minimum Gasteiger partial charge on any atom is -0.450 e. The third kappa shape index (κ3) is 4.86. The van der Waals surface area contributed by atoms with Gasteiger partial charge in [0.15, 0.2) is 0 Å². The van der Waals surface area contributed by atoms with Crippen molar-refractivity contribution in [1.29, 1.82) is 0 Å². The van der Waals surface area contributed by atoms with Crippen LogP contribution in [0.25, 0.3) is 0 Å². The minimum atomic E-state index is -0.301. The number of ether oxygens (including phenoxy) is 1. The molecule has 0 amide bonds. The van der Waals surface area contributed by atoms with Gasteiger partial charge in [-0.2, -0.15) is 0 Å². The van der Waals surface area contributed by atoms with Crippen molar-refractivity contribution in [2.75, 3.05) is 0 Å². The molecule has 0 spiro atoms. The maximum Gasteiger partial charge on any atom is 0.339 e. The second-order valence-electron chi connectivity index (χ2n) is 9.17. The van der Waals surface area contributed by atoms with E-state index in [0.29, 0.717) is 11.5 Å². The molecule has 0 aliphatic heterocycles. The summed E-state index contributed by atoms with van der Waals surface area (Å²) >= 11 is 0. The van der Waals surface area contributed by atoms with Gasteiger partial charge in [0.2, 0.25) is 0 Å². The Morgan fingerprint density at radius 1 is 0.967 bits per heavy atom. The van der Waals surface area contributed by atoms with Crippen molar-refractivity contribution < 1.29 is 9.53 Å². The van der Waals surface area contributed by atoms with Gasteiger partial charge in [0, 0.05) is 0 Å². The molecule has 0 aromatic heterocycles. The highest BCUT2D eigenvalue weighted by atomic mass is 16.5. The summed E-state index contributed by atoms with van der Waals surface area (Å²) in [4.78, 5) is 12.9. The molecule has 1 fully saturated rings. The van der Waals surface area contributed by atoms with Crippen LogP contribution in [0, 0.1) is 5.92 Å². The highest BCUT2D eigenvalue weighted by Gasteiger charge is 2.23. The zero-order chi connectivity index (χ0) is 20.9. The largest absolute Gasteiger partial charge is 0.450 e. The van der Waals surface area contributed by atoms with E-state index in [0.717, 1.165) is 24.3 Å². The van der Waals surface area contributed by atoms with Gasteiger partial charge < -0.3 is 4.74 Å². The lowest BCUT2D eigenvalue weighted by Crippen LogP contribution is -2.14. The molecule has 1 atom stereocenters. The third-order valence-electron chi connectivity index (χ3n) is 6.98. The number of benzene rings is 2. The Morgan fingerprint density at radius 2 is 1.70 bits per heavy atom. The first-order chi connectivity index (χ1) is 14.6. The van der Waals surface area contributed by atoms with Gasteiger partial charge in [0.1, 0.15) is 6.10 Å². The maximum atomic E-state index is 12.9. The average Bonchev–Trinajstić information content (AvgIpc) is 2.93. The molecular formula is C28H34O2. The molecule has 2 aliphatic rings. The van der Waals surface area contributed by atoms with E-state index in [9.17, 15) is 4.79 Å².